The summed E-state index contributed by atoms with van der Waals surface area (Å²) in [6.45, 7) is 3.70. The van der Waals surface area contributed by atoms with Crippen molar-refractivity contribution in [3.05, 3.63) is 30.1 Å². The van der Waals surface area contributed by atoms with Crippen molar-refractivity contribution < 1.29 is 4.74 Å². The molecule has 21 heavy (non-hydrogen) atoms. The minimum absolute atomic E-state index is 0.440. The van der Waals surface area contributed by atoms with Gasteiger partial charge in [0.2, 0.25) is 0 Å². The van der Waals surface area contributed by atoms with Gasteiger partial charge in [-0.25, -0.2) is 9.97 Å². The molecule has 2 heterocycles. The number of fused-ring (bicyclic) bond motifs is 3. The Labute approximate surface area is 127 Å². The Morgan fingerprint density at radius 2 is 2.10 bits per heavy atom. The third-order valence-corrected chi connectivity index (χ3v) is 3.60. The van der Waals surface area contributed by atoms with Crippen LogP contribution in [-0.2, 0) is 17.9 Å². The first-order valence-corrected chi connectivity index (χ1v) is 7.46. The Morgan fingerprint density at radius 1 is 1.29 bits per heavy atom. The fraction of sp³-hybridized carbons (Fsp3) is 0.333. The lowest BCUT2D eigenvalue weighted by Crippen LogP contribution is -2.07. The molecule has 0 aliphatic carbocycles. The zero-order valence-electron chi connectivity index (χ0n) is 11.8. The molecule has 0 radical (unpaired) electrons. The Morgan fingerprint density at radius 3 is 2.86 bits per heavy atom. The van der Waals surface area contributed by atoms with E-state index in [2.05, 4.69) is 14.5 Å². The van der Waals surface area contributed by atoms with E-state index >= 15 is 0 Å². The van der Waals surface area contributed by atoms with Gasteiger partial charge in [0, 0.05) is 24.4 Å². The molecule has 2 N–H and O–H groups in total. The summed E-state index contributed by atoms with van der Waals surface area (Å²) in [5.74, 6) is 1.77. The van der Waals surface area contributed by atoms with Crippen LogP contribution in [0.1, 0.15) is 12.7 Å². The molecule has 0 aliphatic heterocycles. The zero-order chi connectivity index (χ0) is 14.8. The van der Waals surface area contributed by atoms with E-state index in [-0.39, 0.29) is 0 Å². The molecule has 0 saturated heterocycles. The lowest BCUT2D eigenvalue weighted by molar-refractivity contribution is 0.126. The Hall–Kier alpha value is -1.85. The summed E-state index contributed by atoms with van der Waals surface area (Å²) in [4.78, 5) is 9.04. The van der Waals surface area contributed by atoms with E-state index in [1.54, 1.807) is 0 Å². The number of rotatable bonds is 5. The Balaban J connectivity index is 2.32. The lowest BCUT2D eigenvalue weighted by atomic mass is 10.2. The summed E-state index contributed by atoms with van der Waals surface area (Å²) in [7, 11) is 0. The lowest BCUT2D eigenvalue weighted by Gasteiger charge is -2.09. The zero-order valence-corrected chi connectivity index (χ0v) is 12.6. The minimum atomic E-state index is 0.440. The number of hydrogen-bond acceptors (Lipinski definition) is 4. The molecule has 0 aliphatic rings. The summed E-state index contributed by atoms with van der Waals surface area (Å²) >= 11 is 5.95. The minimum Gasteiger partial charge on any atom is -0.382 e. The van der Waals surface area contributed by atoms with E-state index in [0.717, 1.165) is 22.2 Å². The second-order valence-electron chi connectivity index (χ2n) is 4.72. The molecule has 0 atom stereocenters. The van der Waals surface area contributed by atoms with Crippen LogP contribution in [0.25, 0.3) is 21.9 Å². The van der Waals surface area contributed by atoms with Gasteiger partial charge in [-0.05, 0) is 13.0 Å². The molecule has 0 amide bonds. The van der Waals surface area contributed by atoms with Gasteiger partial charge in [0.15, 0.2) is 5.82 Å². The van der Waals surface area contributed by atoms with Crippen molar-refractivity contribution in [3.8, 4) is 0 Å². The summed E-state index contributed by atoms with van der Waals surface area (Å²) < 4.78 is 7.58. The normalized spacial score (nSPS) is 11.5. The highest BCUT2D eigenvalue weighted by Crippen LogP contribution is 2.29. The van der Waals surface area contributed by atoms with E-state index in [4.69, 9.17) is 22.1 Å². The van der Waals surface area contributed by atoms with Crippen molar-refractivity contribution in [2.24, 2.45) is 0 Å². The largest absolute Gasteiger partial charge is 0.382 e. The number of para-hydroxylation sites is 1. The first-order valence-electron chi connectivity index (χ1n) is 6.93. The van der Waals surface area contributed by atoms with Crippen molar-refractivity contribution in [3.63, 3.8) is 0 Å². The van der Waals surface area contributed by atoms with Gasteiger partial charge in [0.25, 0.3) is 0 Å². The smallest absolute Gasteiger partial charge is 0.152 e. The fourth-order valence-corrected chi connectivity index (χ4v) is 2.70. The molecule has 0 unspecified atom stereocenters. The molecule has 5 nitrogen and oxygen atoms in total. The van der Waals surface area contributed by atoms with Crippen molar-refractivity contribution >= 4 is 39.4 Å². The molecule has 0 spiro atoms. The van der Waals surface area contributed by atoms with Gasteiger partial charge in [0.05, 0.1) is 11.0 Å². The molecule has 0 saturated carbocycles. The van der Waals surface area contributed by atoms with Crippen LogP contribution in [0.5, 0.6) is 0 Å². The quantitative estimate of drug-likeness (QED) is 0.736. The number of nitrogens with zero attached hydrogens (tertiary/aromatic N) is 3. The predicted molar refractivity (Wildman–Crippen MR) is 85.5 cm³/mol. The Bertz CT molecular complexity index is 784. The number of pyridine rings is 1. The van der Waals surface area contributed by atoms with Crippen LogP contribution in [0.2, 0.25) is 0 Å². The summed E-state index contributed by atoms with van der Waals surface area (Å²) in [5, 5.41) is 1.03. The van der Waals surface area contributed by atoms with E-state index in [9.17, 15) is 0 Å². The molecule has 0 bridgehead atoms. The molecule has 0 fully saturated rings. The third kappa shape index (κ3) is 2.43. The summed E-state index contributed by atoms with van der Waals surface area (Å²) in [6.07, 6.45) is 0. The first-order chi connectivity index (χ1) is 10.3. The molecule has 6 heteroatoms. The number of halogens is 1. The van der Waals surface area contributed by atoms with Crippen LogP contribution in [0.3, 0.4) is 0 Å². The number of nitrogen functional groups attached to an aromatic ring is 1. The summed E-state index contributed by atoms with van der Waals surface area (Å²) in [6, 6.07) is 7.91. The SMILES string of the molecule is CCOCc1nc2c(N)nc3ccccc3c2n1CCCl. The van der Waals surface area contributed by atoms with Gasteiger partial charge < -0.3 is 15.0 Å². The molecule has 110 valence electrons. The number of ether oxygens (including phenoxy) is 1. The van der Waals surface area contributed by atoms with Crippen LogP contribution < -0.4 is 5.73 Å². The van der Waals surface area contributed by atoms with E-state index in [1.165, 1.54) is 0 Å². The predicted octanol–water partition coefficient (Wildman–Crippen LogP) is 2.94. The fourth-order valence-electron chi connectivity index (χ4n) is 2.53. The van der Waals surface area contributed by atoms with Crippen LogP contribution >= 0.6 is 11.6 Å². The number of nitrogens with two attached hydrogens (primary N) is 1. The molecule has 1 aromatic carbocycles. The number of anilines is 1. The molecular weight excluding hydrogens is 288 g/mol. The Kier molecular flexibility index (Phi) is 3.94. The van der Waals surface area contributed by atoms with Crippen LogP contribution in [0.15, 0.2) is 24.3 Å². The number of aryl methyl sites for hydroxylation is 1. The molecule has 3 rings (SSSR count). The van der Waals surface area contributed by atoms with Crippen molar-refractivity contribution in [1.29, 1.82) is 0 Å². The third-order valence-electron chi connectivity index (χ3n) is 3.43. The number of imidazole rings is 1. The van der Waals surface area contributed by atoms with E-state index in [1.807, 2.05) is 31.2 Å². The van der Waals surface area contributed by atoms with Crippen LogP contribution in [0.4, 0.5) is 5.82 Å². The highest BCUT2D eigenvalue weighted by molar-refractivity contribution is 6.18. The van der Waals surface area contributed by atoms with Crippen molar-refractivity contribution in [2.75, 3.05) is 18.2 Å². The average molecular weight is 305 g/mol. The standard InChI is InChI=1S/C15H17ClN4O/c1-2-21-9-12-19-13-14(20(12)8-7-16)10-5-3-4-6-11(10)18-15(13)17/h3-6H,2,7-9H2,1H3,(H2,17,18). The van der Waals surface area contributed by atoms with Gasteiger partial charge in [-0.2, -0.15) is 0 Å². The second-order valence-corrected chi connectivity index (χ2v) is 5.10. The number of alkyl halides is 1. The van der Waals surface area contributed by atoms with Gasteiger partial charge in [-0.3, -0.25) is 0 Å². The van der Waals surface area contributed by atoms with Gasteiger partial charge in [-0.15, -0.1) is 11.6 Å². The van der Waals surface area contributed by atoms with E-state index < -0.39 is 0 Å². The van der Waals surface area contributed by atoms with Crippen LogP contribution in [0, 0.1) is 0 Å². The molecular formula is C15H17ClN4O. The van der Waals surface area contributed by atoms with Crippen molar-refractivity contribution in [1.82, 2.24) is 14.5 Å². The monoisotopic (exact) mass is 304 g/mol. The maximum absolute atomic E-state index is 6.07. The number of benzene rings is 1. The first kappa shape index (κ1) is 14.1. The topological polar surface area (TPSA) is 66.0 Å². The van der Waals surface area contributed by atoms with E-state index in [0.29, 0.717) is 37.0 Å². The summed E-state index contributed by atoms with van der Waals surface area (Å²) in [5.41, 5.74) is 8.63. The maximum Gasteiger partial charge on any atom is 0.152 e. The molecule has 3 aromatic rings. The van der Waals surface area contributed by atoms with Crippen LogP contribution in [-0.4, -0.2) is 27.0 Å². The molecule has 2 aromatic heterocycles. The van der Waals surface area contributed by atoms with Gasteiger partial charge >= 0.3 is 0 Å². The number of hydrogen-bond donors (Lipinski definition) is 1. The highest BCUT2D eigenvalue weighted by Gasteiger charge is 2.16. The van der Waals surface area contributed by atoms with Crippen molar-refractivity contribution in [2.45, 2.75) is 20.1 Å². The number of aromatic nitrogens is 3. The average Bonchev–Trinajstić information content (AvgIpc) is 2.85. The van der Waals surface area contributed by atoms with Gasteiger partial charge in [0.1, 0.15) is 17.9 Å². The maximum atomic E-state index is 6.07. The van der Waals surface area contributed by atoms with Gasteiger partial charge in [-0.1, -0.05) is 18.2 Å². The highest BCUT2D eigenvalue weighted by atomic mass is 35.5. The second kappa shape index (κ2) is 5.87.